The Bertz CT molecular complexity index is 1100. The number of ether oxygens (including phenoxy) is 2. The van der Waals surface area contributed by atoms with Crippen LogP contribution in [-0.4, -0.2) is 17.8 Å². The number of halogens is 2. The van der Waals surface area contributed by atoms with Crippen LogP contribution in [0, 0.1) is 0 Å². The summed E-state index contributed by atoms with van der Waals surface area (Å²) in [6, 6.07) is 21.6. The summed E-state index contributed by atoms with van der Waals surface area (Å²) in [6.07, 6.45) is 0.365. The topological polar surface area (TPSA) is 34.1 Å². The molecule has 6 heteroatoms. The zero-order valence-electron chi connectivity index (χ0n) is 15.7. The van der Waals surface area contributed by atoms with Gasteiger partial charge in [-0.3, -0.25) is 0 Å². The lowest BCUT2D eigenvalue weighted by Crippen LogP contribution is -2.33. The van der Waals surface area contributed by atoms with Crippen molar-refractivity contribution in [3.05, 3.63) is 93.5 Å². The average molecular weight is 425 g/mol. The third kappa shape index (κ3) is 3.22. The van der Waals surface area contributed by atoms with Crippen LogP contribution < -0.4 is 9.47 Å². The molecule has 0 fully saturated rings. The van der Waals surface area contributed by atoms with E-state index in [1.54, 1.807) is 13.2 Å². The van der Waals surface area contributed by atoms with Gasteiger partial charge in [-0.25, -0.2) is 5.01 Å². The van der Waals surface area contributed by atoms with Crippen molar-refractivity contribution < 1.29 is 9.47 Å². The molecule has 0 spiro atoms. The molecule has 4 nitrogen and oxygen atoms in total. The molecule has 0 radical (unpaired) electrons. The van der Waals surface area contributed by atoms with Gasteiger partial charge in [0.05, 0.1) is 23.9 Å². The molecule has 0 amide bonds. The number of benzene rings is 3. The van der Waals surface area contributed by atoms with E-state index in [-0.39, 0.29) is 6.04 Å². The molecule has 146 valence electrons. The lowest BCUT2D eigenvalue weighted by Gasteiger charge is -2.38. The first kappa shape index (κ1) is 18.3. The van der Waals surface area contributed by atoms with Gasteiger partial charge in [-0.2, -0.15) is 5.10 Å². The van der Waals surface area contributed by atoms with Crippen LogP contribution in [-0.2, 0) is 0 Å². The number of hydrogen-bond acceptors (Lipinski definition) is 4. The summed E-state index contributed by atoms with van der Waals surface area (Å²) in [4.78, 5) is 0. The fourth-order valence-electron chi connectivity index (χ4n) is 3.90. The predicted octanol–water partition coefficient (Wildman–Crippen LogP) is 6.24. The Labute approximate surface area is 179 Å². The van der Waals surface area contributed by atoms with Crippen molar-refractivity contribution in [2.45, 2.75) is 18.7 Å². The second kappa shape index (κ2) is 7.29. The van der Waals surface area contributed by atoms with Gasteiger partial charge in [-0.05, 0) is 48.0 Å². The molecule has 0 aliphatic carbocycles. The van der Waals surface area contributed by atoms with Crippen LogP contribution in [0.4, 0.5) is 0 Å². The van der Waals surface area contributed by atoms with Gasteiger partial charge in [0.15, 0.2) is 0 Å². The molecule has 3 aromatic rings. The van der Waals surface area contributed by atoms with E-state index in [9.17, 15) is 0 Å². The Morgan fingerprint density at radius 3 is 2.55 bits per heavy atom. The third-order valence-corrected chi connectivity index (χ3v) is 5.91. The molecule has 2 aliphatic rings. The Morgan fingerprint density at radius 2 is 1.79 bits per heavy atom. The average Bonchev–Trinajstić information content (AvgIpc) is 3.19. The highest BCUT2D eigenvalue weighted by molar-refractivity contribution is 6.35. The van der Waals surface area contributed by atoms with Gasteiger partial charge in [0.1, 0.15) is 11.5 Å². The normalized spacial score (nSPS) is 19.8. The van der Waals surface area contributed by atoms with E-state index in [2.05, 4.69) is 6.07 Å². The first-order chi connectivity index (χ1) is 14.1. The molecule has 2 atom stereocenters. The molecule has 0 N–H and O–H groups in total. The van der Waals surface area contributed by atoms with Crippen molar-refractivity contribution in [1.29, 1.82) is 0 Å². The Kier molecular flexibility index (Phi) is 4.61. The van der Waals surface area contributed by atoms with Gasteiger partial charge in [-0.15, -0.1) is 0 Å². The monoisotopic (exact) mass is 424 g/mol. The lowest BCUT2D eigenvalue weighted by molar-refractivity contribution is -0.0189. The first-order valence-electron chi connectivity index (χ1n) is 9.35. The predicted molar refractivity (Wildman–Crippen MR) is 115 cm³/mol. The molecule has 2 heterocycles. The maximum Gasteiger partial charge on any atom is 0.215 e. The Morgan fingerprint density at radius 1 is 1.00 bits per heavy atom. The molecule has 3 aromatic carbocycles. The summed E-state index contributed by atoms with van der Waals surface area (Å²) in [5.41, 5.74) is 4.04. The number of nitrogens with zero attached hydrogens (tertiary/aromatic N) is 2. The zero-order valence-corrected chi connectivity index (χ0v) is 17.2. The van der Waals surface area contributed by atoms with Crippen molar-refractivity contribution in [2.24, 2.45) is 5.10 Å². The quantitative estimate of drug-likeness (QED) is 0.498. The SMILES string of the molecule is COc1ccc(C2=NN3[C@H](C2)c2ccccc2O[C@H]3c2ccc(Cl)cc2Cl)cc1. The van der Waals surface area contributed by atoms with Crippen LogP contribution in [0.2, 0.25) is 10.0 Å². The van der Waals surface area contributed by atoms with E-state index in [0.717, 1.165) is 40.3 Å². The van der Waals surface area contributed by atoms with Crippen LogP contribution in [0.3, 0.4) is 0 Å². The number of fused-ring (bicyclic) bond motifs is 3. The minimum atomic E-state index is -0.421. The van der Waals surface area contributed by atoms with Gasteiger partial charge < -0.3 is 9.47 Å². The highest BCUT2D eigenvalue weighted by atomic mass is 35.5. The highest BCUT2D eigenvalue weighted by Gasteiger charge is 2.41. The molecule has 0 saturated carbocycles. The molecular formula is C23H18Cl2N2O2. The molecule has 29 heavy (non-hydrogen) atoms. The molecule has 0 saturated heterocycles. The summed E-state index contributed by atoms with van der Waals surface area (Å²) in [5.74, 6) is 1.68. The van der Waals surface area contributed by atoms with E-state index < -0.39 is 6.23 Å². The van der Waals surface area contributed by atoms with Crippen molar-refractivity contribution in [2.75, 3.05) is 7.11 Å². The molecule has 0 bridgehead atoms. The van der Waals surface area contributed by atoms with Crippen molar-refractivity contribution >= 4 is 28.9 Å². The summed E-state index contributed by atoms with van der Waals surface area (Å²) < 4.78 is 11.6. The van der Waals surface area contributed by atoms with Gasteiger partial charge in [0, 0.05) is 22.6 Å². The third-order valence-electron chi connectivity index (χ3n) is 5.35. The van der Waals surface area contributed by atoms with Gasteiger partial charge in [0.25, 0.3) is 0 Å². The zero-order chi connectivity index (χ0) is 20.0. The smallest absolute Gasteiger partial charge is 0.215 e. The van der Waals surface area contributed by atoms with Crippen LogP contribution >= 0.6 is 23.2 Å². The second-order valence-corrected chi connectivity index (χ2v) is 7.89. The van der Waals surface area contributed by atoms with E-state index in [1.807, 2.05) is 59.6 Å². The van der Waals surface area contributed by atoms with Crippen LogP contribution in [0.1, 0.15) is 35.4 Å². The van der Waals surface area contributed by atoms with Crippen LogP contribution in [0.15, 0.2) is 71.8 Å². The summed E-state index contributed by atoms with van der Waals surface area (Å²) in [5, 5.41) is 8.12. The molecule has 0 unspecified atom stereocenters. The largest absolute Gasteiger partial charge is 0.497 e. The summed E-state index contributed by atoms with van der Waals surface area (Å²) in [7, 11) is 1.66. The lowest BCUT2D eigenvalue weighted by atomic mass is 9.96. The maximum absolute atomic E-state index is 6.51. The minimum absolute atomic E-state index is 0.0776. The van der Waals surface area contributed by atoms with Crippen molar-refractivity contribution in [1.82, 2.24) is 5.01 Å². The number of methoxy groups -OCH3 is 1. The maximum atomic E-state index is 6.51. The number of hydrogen-bond donors (Lipinski definition) is 0. The first-order valence-corrected chi connectivity index (χ1v) is 10.1. The second-order valence-electron chi connectivity index (χ2n) is 7.05. The fraction of sp³-hybridized carbons (Fsp3) is 0.174. The van der Waals surface area contributed by atoms with Gasteiger partial charge in [-0.1, -0.05) is 47.5 Å². The number of para-hydroxylation sites is 1. The van der Waals surface area contributed by atoms with Crippen LogP contribution in [0.5, 0.6) is 11.5 Å². The molecule has 2 aliphatic heterocycles. The van der Waals surface area contributed by atoms with Crippen molar-refractivity contribution in [3.63, 3.8) is 0 Å². The van der Waals surface area contributed by atoms with Gasteiger partial charge in [0.2, 0.25) is 6.23 Å². The number of hydrazone groups is 1. The van der Waals surface area contributed by atoms with E-state index in [0.29, 0.717) is 10.0 Å². The summed E-state index contributed by atoms with van der Waals surface area (Å²) >= 11 is 12.6. The molecular weight excluding hydrogens is 407 g/mol. The van der Waals surface area contributed by atoms with Gasteiger partial charge >= 0.3 is 0 Å². The fourth-order valence-corrected chi connectivity index (χ4v) is 4.40. The minimum Gasteiger partial charge on any atom is -0.497 e. The van der Waals surface area contributed by atoms with E-state index in [1.165, 1.54) is 0 Å². The molecule has 5 rings (SSSR count). The Hall–Kier alpha value is -2.69. The van der Waals surface area contributed by atoms with Crippen molar-refractivity contribution in [3.8, 4) is 11.5 Å². The Balaban J connectivity index is 1.58. The van der Waals surface area contributed by atoms with E-state index in [4.69, 9.17) is 37.8 Å². The standard InChI is InChI=1S/C23H18Cl2N2O2/c1-28-16-9-6-14(7-10-16)20-13-21-18-4-2-3-5-22(18)29-23(27(21)26-20)17-11-8-15(24)12-19(17)25/h2-12,21,23H,13H2,1H3/t21-,23+/m1/s1. The number of rotatable bonds is 3. The van der Waals surface area contributed by atoms with Crippen LogP contribution in [0.25, 0.3) is 0 Å². The summed E-state index contributed by atoms with van der Waals surface area (Å²) in [6.45, 7) is 0. The molecule has 0 aromatic heterocycles. The highest BCUT2D eigenvalue weighted by Crippen LogP contribution is 2.48. The van der Waals surface area contributed by atoms with E-state index >= 15 is 0 Å².